The number of carbonyl (C=O) groups excluding carboxylic acids is 1. The number of carboxylic acids is 1. The van der Waals surface area contributed by atoms with E-state index in [1.54, 1.807) is 24.3 Å². The Bertz CT molecular complexity index is 1040. The van der Waals surface area contributed by atoms with Crippen molar-refractivity contribution in [1.29, 1.82) is 0 Å². The van der Waals surface area contributed by atoms with Gasteiger partial charge in [0.15, 0.2) is 6.54 Å². The van der Waals surface area contributed by atoms with Crippen LogP contribution in [0.5, 0.6) is 0 Å². The van der Waals surface area contributed by atoms with E-state index in [4.69, 9.17) is 5.73 Å². The predicted molar refractivity (Wildman–Crippen MR) is 101 cm³/mol. The number of benzene rings is 2. The lowest BCUT2D eigenvalue weighted by molar-refractivity contribution is -0.645. The Balaban J connectivity index is 2.04. The number of carboxylic acid groups (broad SMARTS) is 1. The Kier molecular flexibility index (Phi) is 5.69. The zero-order valence-electron chi connectivity index (χ0n) is 14.7. The molecule has 0 aliphatic carbocycles. The van der Waals surface area contributed by atoms with Gasteiger partial charge >= 0.3 is 0 Å². The van der Waals surface area contributed by atoms with E-state index in [-0.39, 0.29) is 24.4 Å². The number of para-hydroxylation sites is 2. The van der Waals surface area contributed by atoms with Crippen LogP contribution < -0.4 is 20.1 Å². The van der Waals surface area contributed by atoms with Crippen molar-refractivity contribution in [2.45, 2.75) is 13.0 Å². The van der Waals surface area contributed by atoms with Crippen molar-refractivity contribution in [1.82, 2.24) is 4.72 Å². The Morgan fingerprint density at radius 3 is 2.11 bits per heavy atom. The maximum absolute atomic E-state index is 12.0. The minimum atomic E-state index is -3.39. The highest BCUT2D eigenvalue weighted by atomic mass is 32.2. The number of hydrogen-bond acceptors (Lipinski definition) is 5. The molecule has 3 aromatic rings. The van der Waals surface area contributed by atoms with Gasteiger partial charge in [-0.1, -0.05) is 24.3 Å². The summed E-state index contributed by atoms with van der Waals surface area (Å²) < 4.78 is 28.4. The van der Waals surface area contributed by atoms with E-state index in [0.717, 1.165) is 11.0 Å². The van der Waals surface area contributed by atoms with Crippen LogP contribution in [-0.4, -0.2) is 33.2 Å². The molecule has 142 valence electrons. The van der Waals surface area contributed by atoms with Crippen LogP contribution in [0.1, 0.15) is 16.8 Å². The maximum atomic E-state index is 12.0. The standard InChI is InChI=1S/C19H21N3O4S/c20-10-11-21-27(25,26)13-5-12-22-16-8-3-1-6-14(16)18(19(23)24)15-7-2-4-9-17(15)22/h1-4,6-9,21H,5,10-13,20H2. The molecule has 0 radical (unpaired) electrons. The SMILES string of the molecule is NCCNS(=O)(=O)CCC[n+]1c2ccccc2c(C(=O)[O-])c2ccccc21. The van der Waals surface area contributed by atoms with Crippen LogP contribution in [0.25, 0.3) is 21.8 Å². The Labute approximate surface area is 157 Å². The average Bonchev–Trinajstić information content (AvgIpc) is 2.65. The number of aromatic carboxylic acids is 1. The minimum Gasteiger partial charge on any atom is -0.545 e. The normalized spacial score (nSPS) is 11.9. The van der Waals surface area contributed by atoms with Crippen LogP contribution in [0.15, 0.2) is 48.5 Å². The molecule has 0 atom stereocenters. The molecular formula is C19H21N3O4S. The Morgan fingerprint density at radius 1 is 1.04 bits per heavy atom. The largest absolute Gasteiger partial charge is 0.545 e. The molecule has 1 aromatic heterocycles. The van der Waals surface area contributed by atoms with Crippen molar-refractivity contribution in [3.8, 4) is 0 Å². The highest BCUT2D eigenvalue weighted by Gasteiger charge is 2.21. The summed E-state index contributed by atoms with van der Waals surface area (Å²) in [5.74, 6) is -1.27. The molecule has 3 rings (SSSR count). The van der Waals surface area contributed by atoms with Gasteiger partial charge in [-0.15, -0.1) is 0 Å². The first-order chi connectivity index (χ1) is 12.9. The number of aromatic nitrogens is 1. The molecule has 0 saturated carbocycles. The second kappa shape index (κ2) is 7.99. The van der Waals surface area contributed by atoms with E-state index in [1.165, 1.54) is 0 Å². The summed E-state index contributed by atoms with van der Waals surface area (Å²) in [6.07, 6.45) is 0.378. The van der Waals surface area contributed by atoms with Crippen molar-refractivity contribution < 1.29 is 22.9 Å². The van der Waals surface area contributed by atoms with E-state index in [9.17, 15) is 18.3 Å². The number of nitrogens with two attached hydrogens (primary N) is 1. The van der Waals surface area contributed by atoms with Crippen LogP contribution >= 0.6 is 0 Å². The van der Waals surface area contributed by atoms with Crippen molar-refractivity contribution >= 4 is 37.8 Å². The molecule has 0 spiro atoms. The maximum Gasteiger partial charge on any atom is 0.213 e. The smallest absolute Gasteiger partial charge is 0.213 e. The molecule has 0 fully saturated rings. The summed E-state index contributed by atoms with van der Waals surface area (Å²) in [5, 5.41) is 12.9. The quantitative estimate of drug-likeness (QED) is 0.414. The first-order valence-electron chi connectivity index (χ1n) is 8.66. The van der Waals surface area contributed by atoms with Crippen molar-refractivity contribution in [2.75, 3.05) is 18.8 Å². The lowest BCUT2D eigenvalue weighted by Crippen LogP contribution is -2.39. The molecule has 0 saturated heterocycles. The highest BCUT2D eigenvalue weighted by Crippen LogP contribution is 2.24. The Morgan fingerprint density at radius 2 is 1.59 bits per heavy atom. The van der Waals surface area contributed by atoms with Crippen LogP contribution in [0, 0.1) is 0 Å². The highest BCUT2D eigenvalue weighted by molar-refractivity contribution is 7.89. The first-order valence-corrected chi connectivity index (χ1v) is 10.3. The number of rotatable bonds is 8. The van der Waals surface area contributed by atoms with Crippen LogP contribution in [0.2, 0.25) is 0 Å². The number of fused-ring (bicyclic) bond motifs is 2. The summed E-state index contributed by atoms with van der Waals surface area (Å²) in [6.45, 7) is 0.882. The molecule has 0 unspecified atom stereocenters. The van der Waals surface area contributed by atoms with Gasteiger partial charge in [0.2, 0.25) is 21.1 Å². The second-order valence-corrected chi connectivity index (χ2v) is 8.13. The third-order valence-electron chi connectivity index (χ3n) is 4.39. The van der Waals surface area contributed by atoms with E-state index < -0.39 is 16.0 Å². The molecule has 27 heavy (non-hydrogen) atoms. The Hall–Kier alpha value is -2.55. The lowest BCUT2D eigenvalue weighted by atomic mass is 10.0. The number of nitrogens with one attached hydrogen (secondary N) is 1. The van der Waals surface area contributed by atoms with Crippen molar-refractivity contribution in [2.24, 2.45) is 5.73 Å². The summed E-state index contributed by atoms with van der Waals surface area (Å²) in [5.41, 5.74) is 6.93. The van der Waals surface area contributed by atoms with Crippen LogP contribution in [0.4, 0.5) is 0 Å². The van der Waals surface area contributed by atoms with Gasteiger partial charge in [-0.25, -0.2) is 13.1 Å². The van der Waals surface area contributed by atoms with E-state index >= 15 is 0 Å². The van der Waals surface area contributed by atoms with Gasteiger partial charge < -0.3 is 15.6 Å². The zero-order chi connectivity index (χ0) is 19.4. The fourth-order valence-electron chi connectivity index (χ4n) is 3.28. The zero-order valence-corrected chi connectivity index (χ0v) is 15.5. The molecule has 7 nitrogen and oxygen atoms in total. The van der Waals surface area contributed by atoms with Gasteiger partial charge in [0.25, 0.3) is 0 Å². The number of pyridine rings is 1. The molecule has 0 amide bonds. The molecule has 0 aliphatic heterocycles. The number of hydrogen-bond donors (Lipinski definition) is 2. The first kappa shape index (κ1) is 19.2. The second-order valence-electron chi connectivity index (χ2n) is 6.20. The third kappa shape index (κ3) is 4.08. The fourth-order valence-corrected chi connectivity index (χ4v) is 4.36. The molecule has 2 aromatic carbocycles. The number of sulfonamides is 1. The van der Waals surface area contributed by atoms with Gasteiger partial charge in [-0.05, 0) is 12.1 Å². The molecule has 1 heterocycles. The molecule has 8 heteroatoms. The van der Waals surface area contributed by atoms with Gasteiger partial charge in [-0.3, -0.25) is 0 Å². The summed E-state index contributed by atoms with van der Waals surface area (Å²) in [7, 11) is -3.39. The number of aryl methyl sites for hydroxylation is 1. The summed E-state index contributed by atoms with van der Waals surface area (Å²) >= 11 is 0. The van der Waals surface area contributed by atoms with Gasteiger partial charge in [-0.2, -0.15) is 4.57 Å². The molecule has 3 N–H and O–H groups in total. The van der Waals surface area contributed by atoms with Crippen LogP contribution in [0.3, 0.4) is 0 Å². The number of carbonyl (C=O) groups is 1. The predicted octanol–water partition coefficient (Wildman–Crippen LogP) is -0.0878. The van der Waals surface area contributed by atoms with Crippen LogP contribution in [-0.2, 0) is 16.6 Å². The molecule has 0 bridgehead atoms. The fraction of sp³-hybridized carbons (Fsp3) is 0.263. The third-order valence-corrected chi connectivity index (χ3v) is 5.86. The van der Waals surface area contributed by atoms with Gasteiger partial charge in [0, 0.05) is 37.2 Å². The van der Waals surface area contributed by atoms with Crippen molar-refractivity contribution in [3.05, 3.63) is 54.1 Å². The topological polar surface area (TPSA) is 116 Å². The summed E-state index contributed by atoms with van der Waals surface area (Å²) in [6, 6.07) is 14.3. The average molecular weight is 387 g/mol. The minimum absolute atomic E-state index is 0.0368. The van der Waals surface area contributed by atoms with E-state index in [1.807, 2.05) is 28.8 Å². The summed E-state index contributed by atoms with van der Waals surface area (Å²) in [4.78, 5) is 11.8. The lowest BCUT2D eigenvalue weighted by Gasteiger charge is -2.12. The van der Waals surface area contributed by atoms with E-state index in [2.05, 4.69) is 4.72 Å². The van der Waals surface area contributed by atoms with E-state index in [0.29, 0.717) is 23.7 Å². The van der Waals surface area contributed by atoms with Gasteiger partial charge in [0.1, 0.15) is 0 Å². The monoisotopic (exact) mass is 387 g/mol. The number of nitrogens with zero attached hydrogens (tertiary/aromatic N) is 1. The van der Waals surface area contributed by atoms with Gasteiger partial charge in [0.05, 0.1) is 22.5 Å². The van der Waals surface area contributed by atoms with Crippen molar-refractivity contribution in [3.63, 3.8) is 0 Å². The molecule has 0 aliphatic rings. The molecular weight excluding hydrogens is 366 g/mol.